The summed E-state index contributed by atoms with van der Waals surface area (Å²) < 4.78 is 5.08. The van der Waals surface area contributed by atoms with Crippen LogP contribution in [0.4, 0.5) is 0 Å². The molecule has 3 N–H and O–H groups in total. The van der Waals surface area contributed by atoms with Crippen LogP contribution in [0, 0.1) is 0 Å². The second-order valence-corrected chi connectivity index (χ2v) is 3.93. The van der Waals surface area contributed by atoms with E-state index in [1.54, 1.807) is 7.11 Å². The number of hydrogen-bond acceptors (Lipinski definition) is 4. The van der Waals surface area contributed by atoms with Crippen LogP contribution in [0.25, 0.3) is 0 Å². The van der Waals surface area contributed by atoms with Gasteiger partial charge in [-0.15, -0.1) is 0 Å². The van der Waals surface area contributed by atoms with Gasteiger partial charge in [0.25, 0.3) is 5.91 Å². The van der Waals surface area contributed by atoms with Crippen LogP contribution in [-0.2, 0) is 4.74 Å². The molecule has 0 radical (unpaired) electrons. The third kappa shape index (κ3) is 2.28. The van der Waals surface area contributed by atoms with E-state index in [1.807, 2.05) is 0 Å². The first-order valence-electron chi connectivity index (χ1n) is 5.22. The summed E-state index contributed by atoms with van der Waals surface area (Å²) in [7, 11) is 1.62. The quantitative estimate of drug-likeness (QED) is 0.686. The molecule has 0 unspecified atom stereocenters. The molecule has 0 bridgehead atoms. The maximum Gasteiger partial charge on any atom is 0.354 e. The number of carbonyl (C=O) groups is 2. The Morgan fingerprint density at radius 2 is 2.29 bits per heavy atom. The molecule has 1 aliphatic rings. The Labute approximate surface area is 97.2 Å². The number of carboxylic acid groups (broad SMARTS) is 1. The summed E-state index contributed by atoms with van der Waals surface area (Å²) in [6, 6.07) is 0.0331. The number of aromatic carboxylic acids is 1. The molecule has 1 aromatic heterocycles. The molecule has 2 rings (SSSR count). The molecule has 1 saturated carbocycles. The standard InChI is InChI=1S/C10H13N3O4/c1-17-6-2-5(3-6)13-9(14)7-8(10(15)16)12-4-11-7/h4-6H,2-3H2,1H3,(H,11,12)(H,13,14)(H,15,16). The molecule has 1 fully saturated rings. The molecule has 7 heteroatoms. The first kappa shape index (κ1) is 11.6. The summed E-state index contributed by atoms with van der Waals surface area (Å²) in [5.41, 5.74) is -0.275. The van der Waals surface area contributed by atoms with E-state index in [0.29, 0.717) is 0 Å². The van der Waals surface area contributed by atoms with E-state index >= 15 is 0 Å². The van der Waals surface area contributed by atoms with E-state index in [4.69, 9.17) is 9.84 Å². The lowest BCUT2D eigenvalue weighted by Gasteiger charge is -2.34. The van der Waals surface area contributed by atoms with Crippen molar-refractivity contribution in [3.8, 4) is 0 Å². The summed E-state index contributed by atoms with van der Waals surface area (Å²) in [4.78, 5) is 28.6. The van der Waals surface area contributed by atoms with Crippen molar-refractivity contribution in [1.82, 2.24) is 15.3 Å². The van der Waals surface area contributed by atoms with Gasteiger partial charge in [0.15, 0.2) is 11.4 Å². The number of nitrogens with one attached hydrogen (secondary N) is 2. The molecule has 0 aliphatic heterocycles. The third-order valence-corrected chi connectivity index (χ3v) is 2.83. The first-order valence-corrected chi connectivity index (χ1v) is 5.22. The van der Waals surface area contributed by atoms with Gasteiger partial charge in [-0.1, -0.05) is 0 Å². The largest absolute Gasteiger partial charge is 0.477 e. The van der Waals surface area contributed by atoms with Gasteiger partial charge in [0.05, 0.1) is 12.4 Å². The van der Waals surface area contributed by atoms with Crippen molar-refractivity contribution in [2.75, 3.05) is 7.11 Å². The molecule has 0 saturated heterocycles. The molecule has 17 heavy (non-hydrogen) atoms. The lowest BCUT2D eigenvalue weighted by Crippen LogP contribution is -2.47. The van der Waals surface area contributed by atoms with Crippen LogP contribution in [-0.4, -0.2) is 46.2 Å². The fraction of sp³-hybridized carbons (Fsp3) is 0.500. The maximum atomic E-state index is 11.7. The number of amides is 1. The van der Waals surface area contributed by atoms with Crippen LogP contribution in [0.3, 0.4) is 0 Å². The van der Waals surface area contributed by atoms with Crippen molar-refractivity contribution < 1.29 is 19.4 Å². The fourth-order valence-electron chi connectivity index (χ4n) is 1.76. The van der Waals surface area contributed by atoms with Crippen molar-refractivity contribution in [3.05, 3.63) is 17.7 Å². The van der Waals surface area contributed by atoms with Crippen LogP contribution >= 0.6 is 0 Å². The Bertz CT molecular complexity index is 437. The summed E-state index contributed by atoms with van der Waals surface area (Å²) in [5.74, 6) is -1.67. The second-order valence-electron chi connectivity index (χ2n) is 3.93. The molecule has 7 nitrogen and oxygen atoms in total. The number of rotatable bonds is 4. The molecule has 92 valence electrons. The summed E-state index contributed by atoms with van der Waals surface area (Å²) in [6.07, 6.45) is 2.86. The number of imidazole rings is 1. The topological polar surface area (TPSA) is 104 Å². The Kier molecular flexibility index (Phi) is 3.10. The molecule has 1 amide bonds. The highest BCUT2D eigenvalue weighted by Crippen LogP contribution is 2.22. The van der Waals surface area contributed by atoms with Crippen molar-refractivity contribution in [1.29, 1.82) is 0 Å². The molecular weight excluding hydrogens is 226 g/mol. The number of H-pyrrole nitrogens is 1. The van der Waals surface area contributed by atoms with Gasteiger partial charge in [0.2, 0.25) is 0 Å². The second kappa shape index (κ2) is 4.54. The van der Waals surface area contributed by atoms with Gasteiger partial charge in [-0.25, -0.2) is 9.78 Å². The number of carbonyl (C=O) groups excluding carboxylic acids is 1. The molecule has 1 aromatic rings. The minimum atomic E-state index is -1.20. The van der Waals surface area contributed by atoms with Crippen molar-refractivity contribution >= 4 is 11.9 Å². The molecular formula is C10H13N3O4. The predicted molar refractivity (Wildman–Crippen MR) is 56.8 cm³/mol. The predicted octanol–water partition coefficient (Wildman–Crippen LogP) is 0.0151. The number of nitrogens with zero attached hydrogens (tertiary/aromatic N) is 1. The zero-order valence-electron chi connectivity index (χ0n) is 9.27. The fourth-order valence-corrected chi connectivity index (χ4v) is 1.76. The van der Waals surface area contributed by atoms with E-state index in [2.05, 4.69) is 15.3 Å². The zero-order valence-corrected chi connectivity index (χ0v) is 9.27. The van der Waals surface area contributed by atoms with E-state index in [9.17, 15) is 9.59 Å². The van der Waals surface area contributed by atoms with Gasteiger partial charge in [0, 0.05) is 13.2 Å². The number of hydrogen-bond donors (Lipinski definition) is 3. The summed E-state index contributed by atoms with van der Waals surface area (Å²) in [6.45, 7) is 0. The Hall–Kier alpha value is -1.89. The average Bonchev–Trinajstić information content (AvgIpc) is 2.71. The highest BCUT2D eigenvalue weighted by atomic mass is 16.5. The highest BCUT2D eigenvalue weighted by molar-refractivity contribution is 6.02. The Balaban J connectivity index is 1.96. The lowest BCUT2D eigenvalue weighted by molar-refractivity contribution is 0.0175. The van der Waals surface area contributed by atoms with Crippen LogP contribution < -0.4 is 5.32 Å². The van der Waals surface area contributed by atoms with E-state index in [1.165, 1.54) is 6.33 Å². The smallest absolute Gasteiger partial charge is 0.354 e. The van der Waals surface area contributed by atoms with Gasteiger partial charge in [-0.2, -0.15) is 0 Å². The molecule has 0 aromatic carbocycles. The Morgan fingerprint density at radius 1 is 1.59 bits per heavy atom. The van der Waals surface area contributed by atoms with Gasteiger partial charge in [0.1, 0.15) is 0 Å². The third-order valence-electron chi connectivity index (χ3n) is 2.83. The van der Waals surface area contributed by atoms with Crippen LogP contribution in [0.5, 0.6) is 0 Å². The Morgan fingerprint density at radius 3 is 2.88 bits per heavy atom. The maximum absolute atomic E-state index is 11.7. The molecule has 1 heterocycles. The number of ether oxygens (including phenoxy) is 1. The lowest BCUT2D eigenvalue weighted by atomic mass is 9.89. The zero-order chi connectivity index (χ0) is 12.4. The summed E-state index contributed by atoms with van der Waals surface area (Å²) >= 11 is 0. The number of aromatic nitrogens is 2. The van der Waals surface area contributed by atoms with Crippen LogP contribution in [0.2, 0.25) is 0 Å². The number of methoxy groups -OCH3 is 1. The van der Waals surface area contributed by atoms with Crippen molar-refractivity contribution in [3.63, 3.8) is 0 Å². The van der Waals surface area contributed by atoms with Gasteiger partial charge < -0.3 is 20.1 Å². The molecule has 0 atom stereocenters. The summed E-state index contributed by atoms with van der Waals surface area (Å²) in [5, 5.41) is 11.5. The first-order chi connectivity index (χ1) is 8.11. The molecule has 0 spiro atoms. The van der Waals surface area contributed by atoms with Gasteiger partial charge in [-0.3, -0.25) is 4.79 Å². The van der Waals surface area contributed by atoms with E-state index in [0.717, 1.165) is 12.8 Å². The van der Waals surface area contributed by atoms with E-state index < -0.39 is 11.9 Å². The monoisotopic (exact) mass is 239 g/mol. The minimum absolute atomic E-state index is 0.0331. The number of carboxylic acids is 1. The minimum Gasteiger partial charge on any atom is -0.477 e. The van der Waals surface area contributed by atoms with Gasteiger partial charge in [-0.05, 0) is 12.8 Å². The van der Waals surface area contributed by atoms with Crippen LogP contribution in [0.15, 0.2) is 6.33 Å². The SMILES string of the molecule is COC1CC(NC(=O)c2nc[nH]c2C(=O)O)C1. The van der Waals surface area contributed by atoms with Gasteiger partial charge >= 0.3 is 5.97 Å². The van der Waals surface area contributed by atoms with Crippen molar-refractivity contribution in [2.45, 2.75) is 25.0 Å². The average molecular weight is 239 g/mol. The highest BCUT2D eigenvalue weighted by Gasteiger charge is 2.31. The van der Waals surface area contributed by atoms with Crippen molar-refractivity contribution in [2.24, 2.45) is 0 Å². The van der Waals surface area contributed by atoms with Crippen LogP contribution in [0.1, 0.15) is 33.8 Å². The normalized spacial score (nSPS) is 22.9. The number of aromatic amines is 1. The van der Waals surface area contributed by atoms with E-state index in [-0.39, 0.29) is 23.5 Å². The molecule has 1 aliphatic carbocycles.